The minimum Gasteiger partial charge on any atom is -0.368 e. The van der Waals surface area contributed by atoms with Crippen molar-refractivity contribution in [1.82, 2.24) is 10.2 Å². The molecule has 0 radical (unpaired) electrons. The third kappa shape index (κ3) is 3.49. The number of nitrogens with one attached hydrogen (secondary N) is 1. The van der Waals surface area contributed by atoms with Gasteiger partial charge in [-0.1, -0.05) is 23.2 Å². The van der Waals surface area contributed by atoms with Crippen molar-refractivity contribution in [1.29, 1.82) is 0 Å². The predicted octanol–water partition coefficient (Wildman–Crippen LogP) is 1.63. The number of piperazine rings is 1. The number of ether oxygens (including phenoxy) is 1. The van der Waals surface area contributed by atoms with Crippen LogP contribution in [-0.2, 0) is 9.53 Å². The van der Waals surface area contributed by atoms with Crippen molar-refractivity contribution in [3.8, 4) is 0 Å². The first kappa shape index (κ1) is 15.9. The Kier molecular flexibility index (Phi) is 5.08. The molecule has 1 N–H and O–H groups in total. The summed E-state index contributed by atoms with van der Waals surface area (Å²) in [6, 6.07) is 5.63. The highest BCUT2D eigenvalue weighted by atomic mass is 35.5. The van der Waals surface area contributed by atoms with Crippen LogP contribution in [-0.4, -0.2) is 62.8 Å². The minimum atomic E-state index is -0.342. The first-order valence-electron chi connectivity index (χ1n) is 7.46. The molecule has 5 nitrogen and oxygen atoms in total. The van der Waals surface area contributed by atoms with Crippen LogP contribution in [0.1, 0.15) is 0 Å². The van der Waals surface area contributed by atoms with E-state index in [1.807, 2.05) is 17.0 Å². The van der Waals surface area contributed by atoms with Gasteiger partial charge in [0.05, 0.1) is 16.7 Å². The molecule has 3 rings (SSSR count). The molecule has 1 aromatic rings. The van der Waals surface area contributed by atoms with Crippen LogP contribution in [0.5, 0.6) is 0 Å². The fourth-order valence-electron chi connectivity index (χ4n) is 2.79. The Morgan fingerprint density at radius 2 is 1.95 bits per heavy atom. The van der Waals surface area contributed by atoms with Crippen LogP contribution >= 0.6 is 23.2 Å². The van der Waals surface area contributed by atoms with Gasteiger partial charge >= 0.3 is 0 Å². The van der Waals surface area contributed by atoms with E-state index in [-0.39, 0.29) is 12.0 Å². The van der Waals surface area contributed by atoms with E-state index in [1.54, 1.807) is 6.07 Å². The van der Waals surface area contributed by atoms with E-state index in [1.165, 1.54) is 0 Å². The highest BCUT2D eigenvalue weighted by molar-refractivity contribution is 6.42. The highest BCUT2D eigenvalue weighted by Crippen LogP contribution is 2.27. The number of rotatable bonds is 2. The second kappa shape index (κ2) is 7.04. The fraction of sp³-hybridized carbons (Fsp3) is 0.533. The zero-order chi connectivity index (χ0) is 15.5. The average molecular weight is 344 g/mol. The van der Waals surface area contributed by atoms with Gasteiger partial charge in [-0.25, -0.2) is 0 Å². The lowest BCUT2D eigenvalue weighted by molar-refractivity contribution is -0.145. The SMILES string of the molecule is O=C(C1CNCCO1)N1CCN(c2ccc(Cl)c(Cl)c2)CC1. The zero-order valence-corrected chi connectivity index (χ0v) is 13.7. The van der Waals surface area contributed by atoms with Crippen molar-refractivity contribution in [2.24, 2.45) is 0 Å². The summed E-state index contributed by atoms with van der Waals surface area (Å²) in [6.07, 6.45) is -0.342. The number of halogens is 2. The quantitative estimate of drug-likeness (QED) is 0.886. The smallest absolute Gasteiger partial charge is 0.253 e. The van der Waals surface area contributed by atoms with Crippen molar-refractivity contribution >= 4 is 34.8 Å². The van der Waals surface area contributed by atoms with E-state index in [4.69, 9.17) is 27.9 Å². The van der Waals surface area contributed by atoms with Gasteiger partial charge in [0.2, 0.25) is 0 Å². The molecule has 2 aliphatic rings. The Balaban J connectivity index is 1.57. The van der Waals surface area contributed by atoms with Crippen molar-refractivity contribution in [2.75, 3.05) is 50.8 Å². The van der Waals surface area contributed by atoms with Crippen LogP contribution in [0.3, 0.4) is 0 Å². The predicted molar refractivity (Wildman–Crippen MR) is 87.9 cm³/mol. The largest absolute Gasteiger partial charge is 0.368 e. The molecule has 0 aliphatic carbocycles. The number of hydrogen-bond donors (Lipinski definition) is 1. The van der Waals surface area contributed by atoms with Crippen LogP contribution in [0.15, 0.2) is 18.2 Å². The van der Waals surface area contributed by atoms with E-state index < -0.39 is 0 Å². The Labute approximate surface area is 140 Å². The molecule has 0 spiro atoms. The van der Waals surface area contributed by atoms with Crippen LogP contribution in [0.2, 0.25) is 10.0 Å². The van der Waals surface area contributed by atoms with Crippen molar-refractivity contribution < 1.29 is 9.53 Å². The van der Waals surface area contributed by atoms with E-state index in [0.717, 1.165) is 25.3 Å². The number of carbonyl (C=O) groups excluding carboxylic acids is 1. The summed E-state index contributed by atoms with van der Waals surface area (Å²) in [5.41, 5.74) is 1.04. The molecule has 0 bridgehead atoms. The van der Waals surface area contributed by atoms with Gasteiger partial charge in [-0.2, -0.15) is 0 Å². The molecule has 0 aromatic heterocycles. The number of anilines is 1. The van der Waals surface area contributed by atoms with Gasteiger partial charge in [-0.3, -0.25) is 4.79 Å². The summed E-state index contributed by atoms with van der Waals surface area (Å²) in [7, 11) is 0. The lowest BCUT2D eigenvalue weighted by Crippen LogP contribution is -2.55. The summed E-state index contributed by atoms with van der Waals surface area (Å²) >= 11 is 12.0. The summed E-state index contributed by atoms with van der Waals surface area (Å²) in [5, 5.41) is 4.30. The molecule has 0 saturated carbocycles. The number of hydrogen-bond acceptors (Lipinski definition) is 4. The number of benzene rings is 1. The first-order valence-corrected chi connectivity index (χ1v) is 8.22. The molecule has 1 unspecified atom stereocenters. The van der Waals surface area contributed by atoms with E-state index >= 15 is 0 Å². The fourth-order valence-corrected chi connectivity index (χ4v) is 3.09. The summed E-state index contributed by atoms with van der Waals surface area (Å²) < 4.78 is 5.53. The van der Waals surface area contributed by atoms with Gasteiger partial charge in [0.15, 0.2) is 0 Å². The number of morpholine rings is 1. The minimum absolute atomic E-state index is 0.0842. The van der Waals surface area contributed by atoms with E-state index in [9.17, 15) is 4.79 Å². The molecular formula is C15H19Cl2N3O2. The molecule has 7 heteroatoms. The van der Waals surface area contributed by atoms with Crippen molar-refractivity contribution in [3.05, 3.63) is 28.2 Å². The van der Waals surface area contributed by atoms with Gasteiger partial charge in [0.1, 0.15) is 6.10 Å². The molecule has 1 amide bonds. The first-order chi connectivity index (χ1) is 10.6. The lowest BCUT2D eigenvalue weighted by Gasteiger charge is -2.38. The maximum atomic E-state index is 12.4. The van der Waals surface area contributed by atoms with Crippen LogP contribution in [0, 0.1) is 0 Å². The number of amides is 1. The standard InChI is InChI=1S/C15H19Cl2N3O2/c16-12-2-1-11(9-13(12)17)19-4-6-20(7-5-19)15(21)14-10-18-3-8-22-14/h1-2,9,14,18H,3-8,10H2. The van der Waals surface area contributed by atoms with Crippen LogP contribution < -0.4 is 10.2 Å². The van der Waals surface area contributed by atoms with Crippen LogP contribution in [0.4, 0.5) is 5.69 Å². The Hall–Kier alpha value is -1.01. The Morgan fingerprint density at radius 1 is 1.18 bits per heavy atom. The second-order valence-electron chi connectivity index (χ2n) is 5.47. The normalized spacial score (nSPS) is 22.7. The van der Waals surface area contributed by atoms with E-state index in [0.29, 0.717) is 36.3 Å². The second-order valence-corrected chi connectivity index (χ2v) is 6.29. The molecule has 2 heterocycles. The van der Waals surface area contributed by atoms with E-state index in [2.05, 4.69) is 10.2 Å². The van der Waals surface area contributed by atoms with Gasteiger partial charge in [-0.15, -0.1) is 0 Å². The highest BCUT2D eigenvalue weighted by Gasteiger charge is 2.29. The molecule has 120 valence electrons. The monoisotopic (exact) mass is 343 g/mol. The third-order valence-electron chi connectivity index (χ3n) is 4.06. The average Bonchev–Trinajstić information content (AvgIpc) is 2.58. The molecule has 2 aliphatic heterocycles. The van der Waals surface area contributed by atoms with Crippen molar-refractivity contribution in [2.45, 2.75) is 6.10 Å². The lowest BCUT2D eigenvalue weighted by atomic mass is 10.2. The molecule has 1 atom stereocenters. The molecule has 2 fully saturated rings. The molecule has 2 saturated heterocycles. The molecular weight excluding hydrogens is 325 g/mol. The summed E-state index contributed by atoms with van der Waals surface area (Å²) in [6.45, 7) is 4.96. The zero-order valence-electron chi connectivity index (χ0n) is 12.2. The van der Waals surface area contributed by atoms with Gasteiger partial charge < -0.3 is 19.9 Å². The molecule has 22 heavy (non-hydrogen) atoms. The number of nitrogens with zero attached hydrogens (tertiary/aromatic N) is 2. The topological polar surface area (TPSA) is 44.8 Å². The van der Waals surface area contributed by atoms with Gasteiger partial charge in [-0.05, 0) is 18.2 Å². The van der Waals surface area contributed by atoms with Gasteiger partial charge in [0.25, 0.3) is 5.91 Å². The van der Waals surface area contributed by atoms with Gasteiger partial charge in [0, 0.05) is 45.0 Å². The Morgan fingerprint density at radius 3 is 2.59 bits per heavy atom. The van der Waals surface area contributed by atoms with Crippen LogP contribution in [0.25, 0.3) is 0 Å². The number of carbonyl (C=O) groups is 1. The Bertz CT molecular complexity index is 542. The maximum Gasteiger partial charge on any atom is 0.253 e. The maximum absolute atomic E-state index is 12.4. The summed E-state index contributed by atoms with van der Waals surface area (Å²) in [5.74, 6) is 0.0842. The summed E-state index contributed by atoms with van der Waals surface area (Å²) in [4.78, 5) is 16.5. The molecule has 1 aromatic carbocycles. The van der Waals surface area contributed by atoms with Crippen molar-refractivity contribution in [3.63, 3.8) is 0 Å². The third-order valence-corrected chi connectivity index (χ3v) is 4.80.